The molecule has 152 valence electrons. The van der Waals surface area contributed by atoms with Crippen LogP contribution in [0.2, 0.25) is 0 Å². The fraction of sp³-hybridized carbons (Fsp3) is 0.400. The number of hydrogen-bond acceptors (Lipinski definition) is 5. The van der Waals surface area contributed by atoms with Crippen LogP contribution < -0.4 is 15.9 Å². The van der Waals surface area contributed by atoms with Crippen LogP contribution >= 0.6 is 0 Å². The molecule has 9 heteroatoms. The maximum absolute atomic E-state index is 13.2. The Morgan fingerprint density at radius 2 is 2.17 bits per heavy atom. The number of anilines is 2. The molecule has 4 rings (SSSR count). The van der Waals surface area contributed by atoms with E-state index in [0.717, 1.165) is 30.0 Å². The van der Waals surface area contributed by atoms with Gasteiger partial charge in [-0.15, -0.1) is 5.10 Å². The van der Waals surface area contributed by atoms with Gasteiger partial charge in [-0.05, 0) is 55.5 Å². The maximum atomic E-state index is 13.2. The molecule has 1 aliphatic rings. The molecule has 0 aliphatic carbocycles. The van der Waals surface area contributed by atoms with Crippen LogP contribution in [0.25, 0.3) is 5.78 Å². The van der Waals surface area contributed by atoms with E-state index in [2.05, 4.69) is 27.2 Å². The average Bonchev–Trinajstić information content (AvgIpc) is 2.99. The lowest BCUT2D eigenvalue weighted by Gasteiger charge is -2.31. The Kier molecular flexibility index (Phi) is 5.04. The highest BCUT2D eigenvalue weighted by molar-refractivity contribution is 5.91. The van der Waals surface area contributed by atoms with Gasteiger partial charge < -0.3 is 10.2 Å². The van der Waals surface area contributed by atoms with Gasteiger partial charge in [0, 0.05) is 25.0 Å². The van der Waals surface area contributed by atoms with Gasteiger partial charge >= 0.3 is 5.69 Å². The highest BCUT2D eigenvalue weighted by Crippen LogP contribution is 2.21. The molecule has 3 heterocycles. The Morgan fingerprint density at radius 3 is 2.93 bits per heavy atom. The summed E-state index contributed by atoms with van der Waals surface area (Å²) in [5.74, 6) is 0.849. The van der Waals surface area contributed by atoms with Crippen molar-refractivity contribution in [2.75, 3.05) is 23.3 Å². The van der Waals surface area contributed by atoms with Crippen molar-refractivity contribution >= 4 is 23.2 Å². The van der Waals surface area contributed by atoms with Crippen LogP contribution in [-0.2, 0) is 11.3 Å². The molecule has 1 amide bonds. The smallest absolute Gasteiger partial charge is 0.352 e. The van der Waals surface area contributed by atoms with Crippen molar-refractivity contribution in [3.05, 3.63) is 52.3 Å². The zero-order chi connectivity index (χ0) is 20.5. The Morgan fingerprint density at radius 1 is 1.34 bits per heavy atom. The number of rotatable bonds is 4. The molecule has 1 saturated heterocycles. The lowest BCUT2D eigenvalue weighted by Crippen LogP contribution is -2.35. The van der Waals surface area contributed by atoms with Crippen molar-refractivity contribution in [2.45, 2.75) is 33.2 Å². The molecule has 1 atom stereocenters. The fourth-order valence-electron chi connectivity index (χ4n) is 3.67. The second kappa shape index (κ2) is 7.65. The Labute approximate surface area is 167 Å². The van der Waals surface area contributed by atoms with Crippen molar-refractivity contribution in [1.29, 1.82) is 0 Å². The van der Waals surface area contributed by atoms with Crippen LogP contribution in [0.4, 0.5) is 15.9 Å². The number of carbonyl (C=O) groups excluding carboxylic acids is 1. The van der Waals surface area contributed by atoms with Gasteiger partial charge in [-0.2, -0.15) is 4.98 Å². The minimum Gasteiger partial charge on any atom is -0.356 e. The van der Waals surface area contributed by atoms with Crippen LogP contribution in [0.3, 0.4) is 0 Å². The van der Waals surface area contributed by atoms with Crippen molar-refractivity contribution in [2.24, 2.45) is 5.92 Å². The predicted octanol–water partition coefficient (Wildman–Crippen LogP) is 2.21. The average molecular weight is 398 g/mol. The van der Waals surface area contributed by atoms with E-state index < -0.39 is 11.6 Å². The predicted molar refractivity (Wildman–Crippen MR) is 108 cm³/mol. The number of carbonyl (C=O) groups is 1. The van der Waals surface area contributed by atoms with Crippen molar-refractivity contribution in [1.82, 2.24) is 19.2 Å². The van der Waals surface area contributed by atoms with Crippen LogP contribution in [0.1, 0.15) is 25.3 Å². The first-order valence-electron chi connectivity index (χ1n) is 9.68. The number of nitrogens with one attached hydrogen (secondary N) is 1. The van der Waals surface area contributed by atoms with E-state index in [1.807, 2.05) is 0 Å². The molecule has 29 heavy (non-hydrogen) atoms. The molecule has 0 saturated carbocycles. The third-order valence-corrected chi connectivity index (χ3v) is 5.18. The highest BCUT2D eigenvalue weighted by atomic mass is 19.1. The van der Waals surface area contributed by atoms with E-state index in [0.29, 0.717) is 17.2 Å². The van der Waals surface area contributed by atoms with E-state index in [-0.39, 0.29) is 18.1 Å². The van der Waals surface area contributed by atoms with E-state index in [4.69, 9.17) is 0 Å². The summed E-state index contributed by atoms with van der Waals surface area (Å²) in [7, 11) is 0. The summed E-state index contributed by atoms with van der Waals surface area (Å²) >= 11 is 0. The lowest BCUT2D eigenvalue weighted by atomic mass is 10.0. The van der Waals surface area contributed by atoms with Crippen LogP contribution in [-0.4, -0.2) is 38.2 Å². The zero-order valence-corrected chi connectivity index (χ0v) is 16.4. The molecule has 3 aromatic rings. The second-order valence-corrected chi connectivity index (χ2v) is 7.60. The van der Waals surface area contributed by atoms with Gasteiger partial charge in [0.25, 0.3) is 5.78 Å². The molecule has 0 spiro atoms. The third kappa shape index (κ3) is 3.98. The van der Waals surface area contributed by atoms with Crippen LogP contribution in [0, 0.1) is 18.7 Å². The SMILES string of the molecule is Cc1cc(F)ccc1NC(=O)Cn1nc2nc(N3CCC[C@@H](C)C3)ccn2c1=O. The molecule has 0 bridgehead atoms. The van der Waals surface area contributed by atoms with Crippen LogP contribution in [0.5, 0.6) is 0 Å². The number of aromatic nitrogens is 4. The molecular weight excluding hydrogens is 375 g/mol. The first-order valence-corrected chi connectivity index (χ1v) is 9.68. The lowest BCUT2D eigenvalue weighted by molar-refractivity contribution is -0.117. The quantitative estimate of drug-likeness (QED) is 0.728. The van der Waals surface area contributed by atoms with E-state index >= 15 is 0 Å². The van der Waals surface area contributed by atoms with Gasteiger partial charge in [-0.3, -0.25) is 4.79 Å². The summed E-state index contributed by atoms with van der Waals surface area (Å²) in [6, 6.07) is 5.90. The monoisotopic (exact) mass is 398 g/mol. The van der Waals surface area contributed by atoms with Gasteiger partial charge in [-0.1, -0.05) is 6.92 Å². The first-order chi connectivity index (χ1) is 13.9. The summed E-state index contributed by atoms with van der Waals surface area (Å²) in [5.41, 5.74) is 0.660. The number of halogens is 1. The van der Waals surface area contributed by atoms with Crippen molar-refractivity contribution in [3.63, 3.8) is 0 Å². The maximum Gasteiger partial charge on any atom is 0.352 e. The van der Waals surface area contributed by atoms with Crippen molar-refractivity contribution < 1.29 is 9.18 Å². The number of fused-ring (bicyclic) bond motifs is 1. The molecule has 0 radical (unpaired) electrons. The standard InChI is InChI=1S/C20H23FN6O2/c1-13-4-3-8-25(11-13)17-7-9-26-19(23-17)24-27(20(26)29)12-18(28)22-16-6-5-15(21)10-14(16)2/h5-7,9-10,13H,3-4,8,11-12H2,1-2H3,(H,22,28)/t13-/m1/s1. The van der Waals surface area contributed by atoms with Crippen LogP contribution in [0.15, 0.2) is 35.3 Å². The molecule has 0 unspecified atom stereocenters. The molecule has 1 N–H and O–H groups in total. The van der Waals surface area contributed by atoms with Gasteiger partial charge in [-0.25, -0.2) is 18.3 Å². The van der Waals surface area contributed by atoms with E-state index in [9.17, 15) is 14.0 Å². The Bertz CT molecular complexity index is 1120. The molecular formula is C20H23FN6O2. The Balaban J connectivity index is 1.53. The van der Waals surface area contributed by atoms with Gasteiger partial charge in [0.1, 0.15) is 18.2 Å². The molecule has 8 nitrogen and oxygen atoms in total. The first kappa shape index (κ1) is 19.1. The van der Waals surface area contributed by atoms with E-state index in [1.54, 1.807) is 19.2 Å². The van der Waals surface area contributed by atoms with E-state index in [1.165, 1.54) is 29.0 Å². The number of benzene rings is 1. The summed E-state index contributed by atoms with van der Waals surface area (Å²) < 4.78 is 15.6. The normalized spacial score (nSPS) is 16.9. The van der Waals surface area contributed by atoms with Gasteiger partial charge in [0.05, 0.1) is 0 Å². The second-order valence-electron chi connectivity index (χ2n) is 7.60. The van der Waals surface area contributed by atoms with Gasteiger partial charge in [0.15, 0.2) is 0 Å². The highest BCUT2D eigenvalue weighted by Gasteiger charge is 2.19. The molecule has 1 aromatic carbocycles. The number of aryl methyl sites for hydroxylation is 1. The Hall–Kier alpha value is -3.23. The summed E-state index contributed by atoms with van der Waals surface area (Å²) in [6.07, 6.45) is 3.96. The number of nitrogens with zero attached hydrogens (tertiary/aromatic N) is 5. The minimum atomic E-state index is -0.433. The molecule has 1 aliphatic heterocycles. The molecule has 1 fully saturated rings. The number of hydrogen-bond donors (Lipinski definition) is 1. The number of piperidine rings is 1. The van der Waals surface area contributed by atoms with Crippen molar-refractivity contribution in [3.8, 4) is 0 Å². The topological polar surface area (TPSA) is 84.5 Å². The summed E-state index contributed by atoms with van der Waals surface area (Å²) in [4.78, 5) is 31.6. The number of amides is 1. The fourth-order valence-corrected chi connectivity index (χ4v) is 3.67. The zero-order valence-electron chi connectivity index (χ0n) is 16.4. The summed E-state index contributed by atoms with van der Waals surface area (Å²) in [6.45, 7) is 5.51. The molecule has 2 aromatic heterocycles. The third-order valence-electron chi connectivity index (χ3n) is 5.18. The summed E-state index contributed by atoms with van der Waals surface area (Å²) in [5, 5.41) is 6.90. The van der Waals surface area contributed by atoms with Gasteiger partial charge in [0.2, 0.25) is 5.91 Å². The largest absolute Gasteiger partial charge is 0.356 e. The minimum absolute atomic E-state index is 0.255.